The minimum atomic E-state index is 0.164. The average Bonchev–Trinajstić information content (AvgIpc) is 3.16. The van der Waals surface area contributed by atoms with Crippen molar-refractivity contribution in [3.63, 3.8) is 0 Å². The molecule has 0 bridgehead atoms. The van der Waals surface area contributed by atoms with E-state index in [2.05, 4.69) is 27.0 Å². The van der Waals surface area contributed by atoms with Crippen LogP contribution in [-0.2, 0) is 6.42 Å². The molecule has 0 atom stereocenters. The lowest BCUT2D eigenvalue weighted by molar-refractivity contribution is 0.0669. The summed E-state index contributed by atoms with van der Waals surface area (Å²) in [6, 6.07) is 6.01. The standard InChI is InChI=1S/C17H21N5OS/c1-12-3-4-16(19-18-12)22-6-5-14-13(22)11-15(24-14)17(23)21-9-7-20(2)8-10-21/h3-4,11H,5-10H2,1-2H3. The maximum Gasteiger partial charge on any atom is 0.264 e. The van der Waals surface area contributed by atoms with Crippen molar-refractivity contribution in [2.75, 3.05) is 44.7 Å². The van der Waals surface area contributed by atoms with E-state index in [0.29, 0.717) is 0 Å². The Morgan fingerprint density at radius 2 is 1.92 bits per heavy atom. The summed E-state index contributed by atoms with van der Waals surface area (Å²) in [7, 11) is 2.10. The van der Waals surface area contributed by atoms with E-state index in [1.54, 1.807) is 11.3 Å². The minimum Gasteiger partial charge on any atom is -0.335 e. The van der Waals surface area contributed by atoms with E-state index in [9.17, 15) is 4.79 Å². The normalized spacial score (nSPS) is 18.1. The highest BCUT2D eigenvalue weighted by Gasteiger charge is 2.28. The van der Waals surface area contributed by atoms with E-state index < -0.39 is 0 Å². The number of hydrogen-bond donors (Lipinski definition) is 0. The molecule has 1 amide bonds. The van der Waals surface area contributed by atoms with Crippen LogP contribution in [0.1, 0.15) is 20.2 Å². The van der Waals surface area contributed by atoms with Gasteiger partial charge in [0.1, 0.15) is 0 Å². The van der Waals surface area contributed by atoms with Crippen LogP contribution in [0.3, 0.4) is 0 Å². The zero-order chi connectivity index (χ0) is 16.7. The predicted octanol–water partition coefficient (Wildman–Crippen LogP) is 1.93. The van der Waals surface area contributed by atoms with Crippen LogP contribution in [0.5, 0.6) is 0 Å². The average molecular weight is 343 g/mol. The molecule has 1 fully saturated rings. The molecule has 2 aliphatic heterocycles. The van der Waals surface area contributed by atoms with E-state index in [1.165, 1.54) is 4.88 Å². The molecule has 7 heteroatoms. The molecular weight excluding hydrogens is 322 g/mol. The molecule has 6 nitrogen and oxygen atoms in total. The number of anilines is 2. The molecule has 0 spiro atoms. The molecule has 0 saturated carbocycles. The Balaban J connectivity index is 1.55. The summed E-state index contributed by atoms with van der Waals surface area (Å²) in [5.41, 5.74) is 2.03. The quantitative estimate of drug-likeness (QED) is 0.834. The van der Waals surface area contributed by atoms with Crippen LogP contribution >= 0.6 is 11.3 Å². The van der Waals surface area contributed by atoms with Crippen molar-refractivity contribution in [3.8, 4) is 0 Å². The number of carbonyl (C=O) groups excluding carboxylic acids is 1. The third-order valence-corrected chi connectivity index (χ3v) is 5.87. The molecule has 0 aromatic carbocycles. The summed E-state index contributed by atoms with van der Waals surface area (Å²) in [5, 5.41) is 8.44. The molecule has 0 radical (unpaired) electrons. The van der Waals surface area contributed by atoms with Gasteiger partial charge < -0.3 is 14.7 Å². The zero-order valence-corrected chi connectivity index (χ0v) is 14.8. The fourth-order valence-electron chi connectivity index (χ4n) is 3.21. The van der Waals surface area contributed by atoms with Gasteiger partial charge in [0.15, 0.2) is 5.82 Å². The molecule has 0 unspecified atom stereocenters. The number of piperazine rings is 1. The van der Waals surface area contributed by atoms with E-state index in [-0.39, 0.29) is 5.91 Å². The van der Waals surface area contributed by atoms with Crippen LogP contribution in [0.4, 0.5) is 11.5 Å². The Labute approximate surface area is 145 Å². The fourth-order valence-corrected chi connectivity index (χ4v) is 4.32. The third-order valence-electron chi connectivity index (χ3n) is 4.70. The van der Waals surface area contributed by atoms with Gasteiger partial charge in [-0.15, -0.1) is 16.4 Å². The van der Waals surface area contributed by atoms with Gasteiger partial charge in [-0.05, 0) is 32.2 Å². The third kappa shape index (κ3) is 2.78. The van der Waals surface area contributed by atoms with E-state index in [4.69, 9.17) is 0 Å². The molecule has 0 aliphatic carbocycles. The molecule has 1 saturated heterocycles. The van der Waals surface area contributed by atoms with Gasteiger partial charge in [-0.25, -0.2) is 0 Å². The Kier molecular flexibility index (Phi) is 3.97. The summed E-state index contributed by atoms with van der Waals surface area (Å²) in [4.78, 5) is 21.3. The first-order chi connectivity index (χ1) is 11.6. The topological polar surface area (TPSA) is 52.6 Å². The van der Waals surface area contributed by atoms with Crippen molar-refractivity contribution in [1.29, 1.82) is 0 Å². The number of thiophene rings is 1. The van der Waals surface area contributed by atoms with Gasteiger partial charge in [-0.3, -0.25) is 4.79 Å². The van der Waals surface area contributed by atoms with E-state index >= 15 is 0 Å². The monoisotopic (exact) mass is 343 g/mol. The largest absolute Gasteiger partial charge is 0.335 e. The molecule has 2 aromatic heterocycles. The molecule has 126 valence electrons. The summed E-state index contributed by atoms with van der Waals surface area (Å²) < 4.78 is 0. The van der Waals surface area contributed by atoms with E-state index in [0.717, 1.165) is 61.2 Å². The zero-order valence-electron chi connectivity index (χ0n) is 14.0. The SMILES string of the molecule is Cc1ccc(N2CCc3sc(C(=O)N4CCN(C)CC4)cc32)nn1. The lowest BCUT2D eigenvalue weighted by Gasteiger charge is -2.32. The second-order valence-electron chi connectivity index (χ2n) is 6.45. The van der Waals surface area contributed by atoms with Gasteiger partial charge in [-0.1, -0.05) is 0 Å². The van der Waals surface area contributed by atoms with Crippen molar-refractivity contribution in [1.82, 2.24) is 20.0 Å². The maximum absolute atomic E-state index is 12.8. The highest BCUT2D eigenvalue weighted by Crippen LogP contribution is 2.39. The summed E-state index contributed by atoms with van der Waals surface area (Å²) in [5.74, 6) is 1.02. The molecular formula is C17H21N5OS. The summed E-state index contributed by atoms with van der Waals surface area (Å²) in [6.45, 7) is 6.35. The number of hydrogen-bond acceptors (Lipinski definition) is 6. The first-order valence-corrected chi connectivity index (χ1v) is 9.12. The number of aromatic nitrogens is 2. The van der Waals surface area contributed by atoms with Crippen LogP contribution in [0.25, 0.3) is 0 Å². The Morgan fingerprint density at radius 3 is 2.62 bits per heavy atom. The van der Waals surface area contributed by atoms with Crippen molar-refractivity contribution >= 4 is 28.7 Å². The van der Waals surface area contributed by atoms with Crippen molar-refractivity contribution < 1.29 is 4.79 Å². The van der Waals surface area contributed by atoms with Crippen LogP contribution in [0.15, 0.2) is 18.2 Å². The number of likely N-dealkylation sites (N-methyl/N-ethyl adjacent to an activating group) is 1. The number of aryl methyl sites for hydroxylation is 1. The number of carbonyl (C=O) groups is 1. The number of fused-ring (bicyclic) bond motifs is 1. The van der Waals surface area contributed by atoms with Crippen LogP contribution < -0.4 is 4.90 Å². The van der Waals surface area contributed by atoms with Gasteiger partial charge in [0.2, 0.25) is 0 Å². The second-order valence-corrected chi connectivity index (χ2v) is 7.59. The fraction of sp³-hybridized carbons (Fsp3) is 0.471. The van der Waals surface area contributed by atoms with Crippen LogP contribution in [0.2, 0.25) is 0 Å². The smallest absolute Gasteiger partial charge is 0.264 e. The number of amides is 1. The van der Waals surface area contributed by atoms with Gasteiger partial charge in [-0.2, -0.15) is 5.10 Å². The maximum atomic E-state index is 12.8. The molecule has 0 N–H and O–H groups in total. The molecule has 4 rings (SSSR count). The first kappa shape index (κ1) is 15.5. The molecule has 2 aromatic rings. The highest BCUT2D eigenvalue weighted by molar-refractivity contribution is 7.14. The lowest BCUT2D eigenvalue weighted by Crippen LogP contribution is -2.46. The Bertz CT molecular complexity index is 749. The summed E-state index contributed by atoms with van der Waals surface area (Å²) in [6.07, 6.45) is 0.964. The first-order valence-electron chi connectivity index (χ1n) is 8.30. The van der Waals surface area contributed by atoms with Crippen molar-refractivity contribution in [2.45, 2.75) is 13.3 Å². The molecule has 24 heavy (non-hydrogen) atoms. The molecule has 4 heterocycles. The Morgan fingerprint density at radius 1 is 1.12 bits per heavy atom. The van der Waals surface area contributed by atoms with Gasteiger partial charge in [0.25, 0.3) is 5.91 Å². The second kappa shape index (κ2) is 6.14. The Hall–Kier alpha value is -1.99. The minimum absolute atomic E-state index is 0.164. The number of rotatable bonds is 2. The molecule has 2 aliphatic rings. The lowest BCUT2D eigenvalue weighted by atomic mass is 10.3. The number of nitrogens with zero attached hydrogens (tertiary/aromatic N) is 5. The van der Waals surface area contributed by atoms with E-state index in [1.807, 2.05) is 30.0 Å². The van der Waals surface area contributed by atoms with Crippen molar-refractivity contribution in [3.05, 3.63) is 33.6 Å². The van der Waals surface area contributed by atoms with Gasteiger partial charge in [0, 0.05) is 44.0 Å². The van der Waals surface area contributed by atoms with Gasteiger partial charge in [0.05, 0.1) is 16.3 Å². The van der Waals surface area contributed by atoms with Crippen molar-refractivity contribution in [2.24, 2.45) is 0 Å². The highest BCUT2D eigenvalue weighted by atomic mass is 32.1. The van der Waals surface area contributed by atoms with Crippen LogP contribution in [0, 0.1) is 6.92 Å². The van der Waals surface area contributed by atoms with Crippen LogP contribution in [-0.4, -0.2) is 65.7 Å². The van der Waals surface area contributed by atoms with Gasteiger partial charge >= 0.3 is 0 Å². The predicted molar refractivity (Wildman–Crippen MR) is 95.2 cm³/mol. The summed E-state index contributed by atoms with van der Waals surface area (Å²) >= 11 is 1.63.